The van der Waals surface area contributed by atoms with Gasteiger partial charge in [-0.1, -0.05) is 13.0 Å². The fourth-order valence-electron chi connectivity index (χ4n) is 2.33. The number of benzene rings is 1. The number of carboxylic acid groups (broad SMARTS) is 1. The van der Waals surface area contributed by atoms with Gasteiger partial charge in [-0.25, -0.2) is 0 Å². The summed E-state index contributed by atoms with van der Waals surface area (Å²) in [6.07, 6.45) is 0. The first-order chi connectivity index (χ1) is 8.91. The van der Waals surface area contributed by atoms with Gasteiger partial charge in [-0.15, -0.1) is 0 Å². The molecule has 1 fully saturated rings. The first-order valence-corrected chi connectivity index (χ1v) is 5.95. The summed E-state index contributed by atoms with van der Waals surface area (Å²) in [5.41, 5.74) is -0.0155. The Morgan fingerprint density at radius 2 is 1.95 bits per heavy atom. The Bertz CT molecular complexity index is 528. The Balaban J connectivity index is 2.22. The van der Waals surface area contributed by atoms with E-state index in [0.29, 0.717) is 6.54 Å². The van der Waals surface area contributed by atoms with Gasteiger partial charge in [-0.05, 0) is 18.1 Å². The van der Waals surface area contributed by atoms with E-state index in [4.69, 9.17) is 5.11 Å². The maximum absolute atomic E-state index is 12.2. The molecule has 3 N–H and O–H groups in total. The van der Waals surface area contributed by atoms with E-state index in [1.165, 1.54) is 23.1 Å². The summed E-state index contributed by atoms with van der Waals surface area (Å²) in [6, 6.07) is 4.13. The number of carboxylic acids is 1. The average molecular weight is 265 g/mol. The van der Waals surface area contributed by atoms with Crippen LogP contribution in [0.3, 0.4) is 0 Å². The van der Waals surface area contributed by atoms with Crippen molar-refractivity contribution in [3.8, 4) is 11.5 Å². The van der Waals surface area contributed by atoms with Crippen LogP contribution in [0.1, 0.15) is 17.3 Å². The molecule has 1 saturated heterocycles. The highest BCUT2D eigenvalue weighted by Gasteiger charge is 2.37. The molecule has 0 bridgehead atoms. The number of carbonyl (C=O) groups excluding carboxylic acids is 1. The summed E-state index contributed by atoms with van der Waals surface area (Å²) in [5, 5.41) is 28.0. The number of nitrogens with zero attached hydrogens (tertiary/aromatic N) is 1. The van der Waals surface area contributed by atoms with Gasteiger partial charge in [0.25, 0.3) is 5.91 Å². The van der Waals surface area contributed by atoms with Crippen LogP contribution in [0.4, 0.5) is 0 Å². The van der Waals surface area contributed by atoms with Gasteiger partial charge >= 0.3 is 5.97 Å². The van der Waals surface area contributed by atoms with Crippen molar-refractivity contribution in [3.05, 3.63) is 23.8 Å². The third kappa shape index (κ3) is 2.33. The topological polar surface area (TPSA) is 98.1 Å². The van der Waals surface area contributed by atoms with Crippen LogP contribution in [-0.4, -0.2) is 45.2 Å². The number of hydrogen-bond acceptors (Lipinski definition) is 4. The Hall–Kier alpha value is -2.24. The van der Waals surface area contributed by atoms with Crippen molar-refractivity contribution in [1.29, 1.82) is 0 Å². The van der Waals surface area contributed by atoms with Crippen molar-refractivity contribution in [1.82, 2.24) is 4.90 Å². The lowest BCUT2D eigenvalue weighted by atomic mass is 9.99. The lowest BCUT2D eigenvalue weighted by Gasteiger charge is -2.16. The van der Waals surface area contributed by atoms with Crippen molar-refractivity contribution in [3.63, 3.8) is 0 Å². The largest absolute Gasteiger partial charge is 0.504 e. The van der Waals surface area contributed by atoms with Crippen molar-refractivity contribution >= 4 is 11.9 Å². The van der Waals surface area contributed by atoms with Gasteiger partial charge in [0.1, 0.15) is 0 Å². The summed E-state index contributed by atoms with van der Waals surface area (Å²) in [6.45, 7) is 2.21. The Kier molecular flexibility index (Phi) is 3.33. The van der Waals surface area contributed by atoms with Crippen LogP contribution in [0.5, 0.6) is 11.5 Å². The van der Waals surface area contributed by atoms with Gasteiger partial charge in [-0.3, -0.25) is 9.59 Å². The molecule has 6 heteroatoms. The predicted octanol–water partition coefficient (Wildman–Crippen LogP) is 0.890. The maximum Gasteiger partial charge on any atom is 0.308 e. The van der Waals surface area contributed by atoms with E-state index in [9.17, 15) is 19.8 Å². The molecule has 2 atom stereocenters. The minimum atomic E-state index is -0.928. The van der Waals surface area contributed by atoms with Gasteiger partial charge < -0.3 is 20.2 Å². The third-order valence-corrected chi connectivity index (χ3v) is 3.46. The normalized spacial score (nSPS) is 22.5. The number of aromatic hydroxyl groups is 2. The molecule has 1 heterocycles. The van der Waals surface area contributed by atoms with E-state index in [2.05, 4.69) is 0 Å². The lowest BCUT2D eigenvalue weighted by Crippen LogP contribution is -2.29. The molecule has 102 valence electrons. The first kappa shape index (κ1) is 13.2. The summed E-state index contributed by atoms with van der Waals surface area (Å²) < 4.78 is 0. The number of rotatable bonds is 2. The van der Waals surface area contributed by atoms with Crippen LogP contribution in [0.2, 0.25) is 0 Å². The summed E-state index contributed by atoms with van der Waals surface area (Å²) in [4.78, 5) is 24.6. The average Bonchev–Trinajstić information content (AvgIpc) is 2.74. The number of hydrogen-bond donors (Lipinski definition) is 3. The molecule has 1 aromatic carbocycles. The minimum absolute atomic E-state index is 0.0155. The number of para-hydroxylation sites is 1. The second-order valence-corrected chi connectivity index (χ2v) is 4.81. The van der Waals surface area contributed by atoms with Crippen LogP contribution in [-0.2, 0) is 4.79 Å². The van der Waals surface area contributed by atoms with Gasteiger partial charge in [-0.2, -0.15) is 0 Å². The molecule has 6 nitrogen and oxygen atoms in total. The SMILES string of the molecule is C[C@@H]1CN(C(=O)c2cccc(O)c2O)C[C@H]1C(=O)O. The van der Waals surface area contributed by atoms with E-state index in [0.717, 1.165) is 0 Å². The summed E-state index contributed by atoms with van der Waals surface area (Å²) >= 11 is 0. The molecule has 0 spiro atoms. The maximum atomic E-state index is 12.2. The van der Waals surface area contributed by atoms with Crippen LogP contribution in [0.25, 0.3) is 0 Å². The predicted molar refractivity (Wildman–Crippen MR) is 66.0 cm³/mol. The molecular formula is C13H15NO5. The molecule has 1 aromatic rings. The van der Waals surface area contributed by atoms with Gasteiger partial charge in [0.15, 0.2) is 11.5 Å². The van der Waals surface area contributed by atoms with E-state index in [-0.39, 0.29) is 23.8 Å². The van der Waals surface area contributed by atoms with Crippen LogP contribution >= 0.6 is 0 Å². The van der Waals surface area contributed by atoms with E-state index >= 15 is 0 Å². The van der Waals surface area contributed by atoms with Crippen molar-refractivity contribution in [2.75, 3.05) is 13.1 Å². The number of aliphatic carboxylic acids is 1. The Morgan fingerprint density at radius 3 is 2.53 bits per heavy atom. The molecule has 19 heavy (non-hydrogen) atoms. The number of likely N-dealkylation sites (tertiary alicyclic amines) is 1. The third-order valence-electron chi connectivity index (χ3n) is 3.46. The molecule has 0 aromatic heterocycles. The van der Waals surface area contributed by atoms with E-state index in [1.54, 1.807) is 6.92 Å². The minimum Gasteiger partial charge on any atom is -0.504 e. The van der Waals surface area contributed by atoms with E-state index < -0.39 is 23.5 Å². The monoisotopic (exact) mass is 265 g/mol. The van der Waals surface area contributed by atoms with Crippen molar-refractivity contribution in [2.45, 2.75) is 6.92 Å². The first-order valence-electron chi connectivity index (χ1n) is 5.95. The van der Waals surface area contributed by atoms with Crippen molar-refractivity contribution in [2.24, 2.45) is 11.8 Å². The molecule has 1 amide bonds. The molecule has 2 rings (SSSR count). The van der Waals surface area contributed by atoms with Crippen LogP contribution in [0, 0.1) is 11.8 Å². The lowest BCUT2D eigenvalue weighted by molar-refractivity contribution is -0.142. The van der Waals surface area contributed by atoms with Crippen LogP contribution < -0.4 is 0 Å². The van der Waals surface area contributed by atoms with Gasteiger partial charge in [0.05, 0.1) is 11.5 Å². The number of phenols is 2. The zero-order valence-electron chi connectivity index (χ0n) is 10.4. The summed E-state index contributed by atoms with van der Waals surface area (Å²) in [7, 11) is 0. The highest BCUT2D eigenvalue weighted by molar-refractivity contribution is 5.98. The molecule has 0 aliphatic carbocycles. The number of carbonyl (C=O) groups is 2. The molecule has 1 aliphatic heterocycles. The molecule has 0 radical (unpaired) electrons. The number of phenolic OH excluding ortho intramolecular Hbond substituents is 2. The highest BCUT2D eigenvalue weighted by atomic mass is 16.4. The Labute approximate surface area is 109 Å². The second kappa shape index (κ2) is 4.79. The smallest absolute Gasteiger partial charge is 0.308 e. The second-order valence-electron chi connectivity index (χ2n) is 4.81. The van der Waals surface area contributed by atoms with Gasteiger partial charge in [0, 0.05) is 13.1 Å². The highest BCUT2D eigenvalue weighted by Crippen LogP contribution is 2.31. The van der Waals surface area contributed by atoms with Crippen molar-refractivity contribution < 1.29 is 24.9 Å². The fourth-order valence-corrected chi connectivity index (χ4v) is 2.33. The van der Waals surface area contributed by atoms with Crippen LogP contribution in [0.15, 0.2) is 18.2 Å². The molecule has 0 unspecified atom stereocenters. The summed E-state index contributed by atoms with van der Waals surface area (Å²) in [5.74, 6) is -2.97. The fraction of sp³-hybridized carbons (Fsp3) is 0.385. The zero-order valence-corrected chi connectivity index (χ0v) is 10.4. The van der Waals surface area contributed by atoms with Gasteiger partial charge in [0.2, 0.25) is 0 Å². The standard InChI is InChI=1S/C13H15NO5/c1-7-5-14(6-9(7)13(18)19)12(17)8-3-2-4-10(15)11(8)16/h2-4,7,9,15-16H,5-6H2,1H3,(H,18,19)/t7-,9-/m1/s1. The van der Waals surface area contributed by atoms with E-state index in [1.807, 2.05) is 0 Å². The quantitative estimate of drug-likeness (QED) is 0.690. The molecule has 0 saturated carbocycles. The zero-order chi connectivity index (χ0) is 14.2. The molecular weight excluding hydrogens is 250 g/mol. The number of amides is 1. The molecule has 1 aliphatic rings. The Morgan fingerprint density at radius 1 is 1.26 bits per heavy atom.